The maximum Gasteiger partial charge on any atom is 0.243 e. The highest BCUT2D eigenvalue weighted by Gasteiger charge is 2.21. The Labute approximate surface area is 148 Å². The molecule has 0 fully saturated rings. The molecule has 0 heterocycles. The van der Waals surface area contributed by atoms with Crippen LogP contribution in [0.4, 0.5) is 5.69 Å². The first-order valence-corrected chi connectivity index (χ1v) is 9.38. The SMILES string of the molecule is CCN(CC)S(=O)(=O)c1ccc(N=Cc2cccc(OC)c2O)cc1. The normalized spacial score (nSPS) is 12.0. The molecule has 25 heavy (non-hydrogen) atoms. The van der Waals surface area contributed by atoms with Crippen LogP contribution in [0.1, 0.15) is 19.4 Å². The molecule has 0 bridgehead atoms. The van der Waals surface area contributed by atoms with Gasteiger partial charge in [-0.15, -0.1) is 0 Å². The minimum atomic E-state index is -3.48. The number of para-hydroxylation sites is 1. The first-order chi connectivity index (χ1) is 11.9. The van der Waals surface area contributed by atoms with Crippen molar-refractivity contribution in [2.75, 3.05) is 20.2 Å². The number of benzene rings is 2. The van der Waals surface area contributed by atoms with E-state index in [4.69, 9.17) is 4.74 Å². The molecule has 0 aliphatic carbocycles. The standard InChI is InChI=1S/C18H22N2O4S/c1-4-20(5-2)25(22,23)16-11-9-15(10-12-16)19-13-14-7-6-8-17(24-3)18(14)21/h6-13,21H,4-5H2,1-3H3. The highest BCUT2D eigenvalue weighted by atomic mass is 32.2. The summed E-state index contributed by atoms with van der Waals surface area (Å²) in [6.45, 7) is 4.46. The molecule has 0 aromatic heterocycles. The zero-order valence-electron chi connectivity index (χ0n) is 14.5. The molecule has 0 spiro atoms. The van der Waals surface area contributed by atoms with Crippen molar-refractivity contribution in [3.8, 4) is 11.5 Å². The summed E-state index contributed by atoms with van der Waals surface area (Å²) >= 11 is 0. The molecule has 134 valence electrons. The predicted molar refractivity (Wildman–Crippen MR) is 98.5 cm³/mol. The van der Waals surface area contributed by atoms with Gasteiger partial charge in [0.1, 0.15) is 0 Å². The van der Waals surface area contributed by atoms with Crippen molar-refractivity contribution in [3.05, 3.63) is 48.0 Å². The van der Waals surface area contributed by atoms with Crippen LogP contribution < -0.4 is 4.74 Å². The second kappa shape index (κ2) is 8.13. The predicted octanol–water partition coefficient (Wildman–Crippen LogP) is 3.18. The zero-order valence-corrected chi connectivity index (χ0v) is 15.3. The van der Waals surface area contributed by atoms with Crippen LogP contribution in [0.3, 0.4) is 0 Å². The molecular weight excluding hydrogens is 340 g/mol. The Bertz CT molecular complexity index is 842. The number of phenols is 1. The van der Waals surface area contributed by atoms with Crippen molar-refractivity contribution in [2.24, 2.45) is 4.99 Å². The van der Waals surface area contributed by atoms with E-state index in [1.165, 1.54) is 29.8 Å². The fourth-order valence-electron chi connectivity index (χ4n) is 2.37. The molecule has 0 saturated heterocycles. The van der Waals surface area contributed by atoms with E-state index in [1.54, 1.807) is 44.2 Å². The first-order valence-electron chi connectivity index (χ1n) is 7.94. The maximum atomic E-state index is 12.4. The lowest BCUT2D eigenvalue weighted by Gasteiger charge is -2.18. The second-order valence-electron chi connectivity index (χ2n) is 5.24. The van der Waals surface area contributed by atoms with Gasteiger partial charge in [0.2, 0.25) is 10.0 Å². The molecule has 2 rings (SSSR count). The van der Waals surface area contributed by atoms with Crippen LogP contribution in [0.25, 0.3) is 0 Å². The van der Waals surface area contributed by atoms with Gasteiger partial charge < -0.3 is 9.84 Å². The lowest BCUT2D eigenvalue weighted by atomic mass is 10.2. The van der Waals surface area contributed by atoms with Crippen LogP contribution in [0.2, 0.25) is 0 Å². The average Bonchev–Trinajstić information content (AvgIpc) is 2.62. The van der Waals surface area contributed by atoms with Gasteiger partial charge >= 0.3 is 0 Å². The third-order valence-corrected chi connectivity index (χ3v) is 5.85. The summed E-state index contributed by atoms with van der Waals surface area (Å²) in [6.07, 6.45) is 1.51. The molecule has 2 aromatic rings. The molecule has 6 nitrogen and oxygen atoms in total. The van der Waals surface area contributed by atoms with Crippen molar-refractivity contribution >= 4 is 21.9 Å². The Morgan fingerprint density at radius 1 is 1.12 bits per heavy atom. The van der Waals surface area contributed by atoms with E-state index < -0.39 is 10.0 Å². The Hall–Kier alpha value is -2.38. The average molecular weight is 362 g/mol. The van der Waals surface area contributed by atoms with Crippen LogP contribution >= 0.6 is 0 Å². The van der Waals surface area contributed by atoms with Crippen LogP contribution in [-0.4, -0.2) is 44.2 Å². The van der Waals surface area contributed by atoms with Crippen LogP contribution in [0.5, 0.6) is 11.5 Å². The van der Waals surface area contributed by atoms with E-state index in [9.17, 15) is 13.5 Å². The lowest BCUT2D eigenvalue weighted by Crippen LogP contribution is -2.30. The van der Waals surface area contributed by atoms with E-state index in [0.29, 0.717) is 30.1 Å². The first kappa shape index (κ1) is 19.0. The number of rotatable bonds is 7. The Kier molecular flexibility index (Phi) is 6.17. The monoisotopic (exact) mass is 362 g/mol. The van der Waals surface area contributed by atoms with Crippen LogP contribution in [0.15, 0.2) is 52.4 Å². The fraction of sp³-hybridized carbons (Fsp3) is 0.278. The number of hydrogen-bond donors (Lipinski definition) is 1. The van der Waals surface area contributed by atoms with Gasteiger partial charge in [-0.2, -0.15) is 4.31 Å². The minimum Gasteiger partial charge on any atom is -0.504 e. The maximum absolute atomic E-state index is 12.4. The van der Waals surface area contributed by atoms with Crippen molar-refractivity contribution in [2.45, 2.75) is 18.7 Å². The summed E-state index contributed by atoms with van der Waals surface area (Å²) in [5.74, 6) is 0.374. The quantitative estimate of drug-likeness (QED) is 0.767. The van der Waals surface area contributed by atoms with Crippen LogP contribution in [-0.2, 0) is 10.0 Å². The second-order valence-corrected chi connectivity index (χ2v) is 7.18. The van der Waals surface area contributed by atoms with Crippen molar-refractivity contribution in [3.63, 3.8) is 0 Å². The van der Waals surface area contributed by atoms with E-state index in [-0.39, 0.29) is 10.6 Å². The van der Waals surface area contributed by atoms with Crippen LogP contribution in [0, 0.1) is 0 Å². The van der Waals surface area contributed by atoms with Gasteiger partial charge in [0, 0.05) is 24.9 Å². The fourth-order valence-corrected chi connectivity index (χ4v) is 3.83. The molecule has 0 unspecified atom stereocenters. The molecule has 2 aromatic carbocycles. The molecule has 0 atom stereocenters. The summed E-state index contributed by atoms with van der Waals surface area (Å²) < 4.78 is 31.3. The zero-order chi connectivity index (χ0) is 18.4. The number of ether oxygens (including phenoxy) is 1. The third kappa shape index (κ3) is 4.18. The highest BCUT2D eigenvalue weighted by molar-refractivity contribution is 7.89. The molecule has 0 radical (unpaired) electrons. The largest absolute Gasteiger partial charge is 0.504 e. The van der Waals surface area contributed by atoms with Gasteiger partial charge in [0.05, 0.1) is 17.7 Å². The highest BCUT2D eigenvalue weighted by Crippen LogP contribution is 2.28. The van der Waals surface area contributed by atoms with Gasteiger partial charge in [-0.3, -0.25) is 4.99 Å². The number of methoxy groups -OCH3 is 1. The molecule has 7 heteroatoms. The van der Waals surface area contributed by atoms with E-state index in [2.05, 4.69) is 4.99 Å². The van der Waals surface area contributed by atoms with Crippen molar-refractivity contribution in [1.82, 2.24) is 4.31 Å². The Balaban J connectivity index is 2.24. The third-order valence-electron chi connectivity index (χ3n) is 3.78. The van der Waals surface area contributed by atoms with Gasteiger partial charge in [-0.05, 0) is 36.4 Å². The summed E-state index contributed by atoms with van der Waals surface area (Å²) in [7, 11) is -2.00. The summed E-state index contributed by atoms with van der Waals surface area (Å²) in [5, 5.41) is 10.0. The van der Waals surface area contributed by atoms with E-state index in [0.717, 1.165) is 0 Å². The van der Waals surface area contributed by atoms with Crippen molar-refractivity contribution in [1.29, 1.82) is 0 Å². The summed E-state index contributed by atoms with van der Waals surface area (Å²) in [4.78, 5) is 4.51. The smallest absolute Gasteiger partial charge is 0.243 e. The van der Waals surface area contributed by atoms with Gasteiger partial charge in [0.25, 0.3) is 0 Å². The number of hydrogen-bond acceptors (Lipinski definition) is 5. The van der Waals surface area contributed by atoms with Gasteiger partial charge in [0.15, 0.2) is 11.5 Å². The topological polar surface area (TPSA) is 79.2 Å². The summed E-state index contributed by atoms with van der Waals surface area (Å²) in [5.41, 5.74) is 1.10. The molecule has 0 aliphatic rings. The lowest BCUT2D eigenvalue weighted by molar-refractivity contribution is 0.373. The molecular formula is C18H22N2O4S. The molecule has 0 aliphatic heterocycles. The van der Waals surface area contributed by atoms with Crippen molar-refractivity contribution < 1.29 is 18.3 Å². The number of phenolic OH excluding ortho intramolecular Hbond substituents is 1. The van der Waals surface area contributed by atoms with Gasteiger partial charge in [-0.1, -0.05) is 19.9 Å². The minimum absolute atomic E-state index is 0.00878. The molecule has 0 amide bonds. The van der Waals surface area contributed by atoms with Gasteiger partial charge in [-0.25, -0.2) is 8.42 Å². The number of aromatic hydroxyl groups is 1. The Morgan fingerprint density at radius 2 is 1.76 bits per heavy atom. The number of nitrogens with zero attached hydrogens (tertiary/aromatic N) is 2. The summed E-state index contributed by atoms with van der Waals surface area (Å²) in [6, 6.07) is 11.4. The number of aliphatic imine (C=N–C) groups is 1. The molecule has 0 saturated carbocycles. The Morgan fingerprint density at radius 3 is 2.32 bits per heavy atom. The van der Waals surface area contributed by atoms with E-state index in [1.807, 2.05) is 0 Å². The van der Waals surface area contributed by atoms with E-state index >= 15 is 0 Å². The molecule has 1 N–H and O–H groups in total. The number of sulfonamides is 1.